The van der Waals surface area contributed by atoms with Crippen LogP contribution in [-0.4, -0.2) is 22.0 Å². The molecular weight excluding hydrogens is 272 g/mol. The van der Waals surface area contributed by atoms with Crippen molar-refractivity contribution < 1.29 is 24.5 Å². The van der Waals surface area contributed by atoms with Crippen molar-refractivity contribution in [3.8, 4) is 11.5 Å². The molecule has 0 aromatic heterocycles. The van der Waals surface area contributed by atoms with E-state index < -0.39 is 11.7 Å². The topological polar surface area (TPSA) is 83.8 Å². The van der Waals surface area contributed by atoms with Crippen LogP contribution < -0.4 is 4.74 Å². The number of aliphatic carboxylic acids is 1. The first-order chi connectivity index (χ1) is 9.99. The summed E-state index contributed by atoms with van der Waals surface area (Å²) in [5.41, 5.74) is 0.547. The molecule has 0 saturated carbocycles. The van der Waals surface area contributed by atoms with Gasteiger partial charge in [-0.2, -0.15) is 0 Å². The van der Waals surface area contributed by atoms with Crippen molar-refractivity contribution >= 4 is 11.8 Å². The fourth-order valence-electron chi connectivity index (χ4n) is 1.70. The Morgan fingerprint density at radius 2 is 1.71 bits per heavy atom. The molecule has 106 valence electrons. The van der Waals surface area contributed by atoms with Gasteiger partial charge in [0.25, 0.3) is 0 Å². The Morgan fingerprint density at radius 3 is 2.29 bits per heavy atom. The molecule has 0 aliphatic rings. The van der Waals surface area contributed by atoms with Crippen LogP contribution in [0.15, 0.2) is 60.9 Å². The molecule has 0 atom stereocenters. The van der Waals surface area contributed by atoms with Crippen molar-refractivity contribution in [3.05, 3.63) is 72.0 Å². The Bertz CT molecular complexity index is 704. The van der Waals surface area contributed by atoms with Crippen LogP contribution in [0.5, 0.6) is 11.5 Å². The fourth-order valence-corrected chi connectivity index (χ4v) is 1.70. The summed E-state index contributed by atoms with van der Waals surface area (Å²) in [6, 6.07) is 12.4. The number of carbonyl (C=O) groups excluding carboxylic acids is 1. The average molecular weight is 284 g/mol. The Morgan fingerprint density at radius 1 is 1.05 bits per heavy atom. The molecule has 2 rings (SSSR count). The average Bonchev–Trinajstić information content (AvgIpc) is 2.47. The van der Waals surface area contributed by atoms with E-state index in [1.165, 1.54) is 18.2 Å². The Balaban J connectivity index is 2.26. The summed E-state index contributed by atoms with van der Waals surface area (Å²) < 4.78 is 4.93. The maximum Gasteiger partial charge on any atom is 0.371 e. The molecule has 0 unspecified atom stereocenters. The lowest BCUT2D eigenvalue weighted by Crippen LogP contribution is -2.06. The number of carbonyl (C=O) groups is 2. The van der Waals surface area contributed by atoms with Crippen LogP contribution in [0.1, 0.15) is 15.9 Å². The number of aromatic hydroxyl groups is 1. The van der Waals surface area contributed by atoms with E-state index in [1.807, 2.05) is 0 Å². The van der Waals surface area contributed by atoms with Crippen molar-refractivity contribution in [3.63, 3.8) is 0 Å². The third kappa shape index (κ3) is 3.27. The zero-order valence-electron chi connectivity index (χ0n) is 10.9. The molecule has 2 aromatic rings. The number of phenolic OH excluding ortho intramolecular Hbond substituents is 1. The predicted molar refractivity (Wildman–Crippen MR) is 75.4 cm³/mol. The molecule has 21 heavy (non-hydrogen) atoms. The van der Waals surface area contributed by atoms with Gasteiger partial charge in [-0.25, -0.2) is 4.79 Å². The fraction of sp³-hybridized carbons (Fsp3) is 0. The summed E-state index contributed by atoms with van der Waals surface area (Å²) in [7, 11) is 0. The van der Waals surface area contributed by atoms with Crippen LogP contribution in [0, 0.1) is 0 Å². The van der Waals surface area contributed by atoms with Gasteiger partial charge in [-0.1, -0.05) is 30.3 Å². The van der Waals surface area contributed by atoms with Gasteiger partial charge in [0.15, 0.2) is 5.78 Å². The molecule has 0 bridgehead atoms. The molecule has 0 amide bonds. The van der Waals surface area contributed by atoms with E-state index in [4.69, 9.17) is 9.84 Å². The Labute approximate surface area is 120 Å². The van der Waals surface area contributed by atoms with Gasteiger partial charge >= 0.3 is 5.97 Å². The van der Waals surface area contributed by atoms with Crippen LogP contribution in [-0.2, 0) is 4.79 Å². The van der Waals surface area contributed by atoms with Crippen molar-refractivity contribution in [2.24, 2.45) is 0 Å². The smallest absolute Gasteiger partial charge is 0.371 e. The van der Waals surface area contributed by atoms with Gasteiger partial charge in [0.05, 0.1) is 5.56 Å². The van der Waals surface area contributed by atoms with E-state index in [-0.39, 0.29) is 22.8 Å². The number of ether oxygens (including phenoxy) is 1. The Kier molecular flexibility index (Phi) is 4.04. The highest BCUT2D eigenvalue weighted by Crippen LogP contribution is 2.26. The quantitative estimate of drug-likeness (QED) is 0.501. The maximum absolute atomic E-state index is 12.2. The number of carboxylic acids is 1. The van der Waals surface area contributed by atoms with Crippen LogP contribution in [0.2, 0.25) is 0 Å². The molecule has 0 aliphatic carbocycles. The van der Waals surface area contributed by atoms with Crippen molar-refractivity contribution in [1.29, 1.82) is 0 Å². The van der Waals surface area contributed by atoms with Gasteiger partial charge in [0.1, 0.15) is 11.5 Å². The molecule has 0 spiro atoms. The number of benzene rings is 2. The van der Waals surface area contributed by atoms with Crippen molar-refractivity contribution in [2.75, 3.05) is 0 Å². The highest BCUT2D eigenvalue weighted by molar-refractivity contribution is 6.10. The lowest BCUT2D eigenvalue weighted by atomic mass is 10.0. The molecule has 0 heterocycles. The molecule has 2 N–H and O–H groups in total. The first-order valence-corrected chi connectivity index (χ1v) is 6.02. The number of hydrogen-bond donors (Lipinski definition) is 2. The minimum atomic E-state index is -1.31. The summed E-state index contributed by atoms with van der Waals surface area (Å²) in [5.74, 6) is -2.32. The summed E-state index contributed by atoms with van der Waals surface area (Å²) in [5, 5.41) is 18.6. The molecule has 0 saturated heterocycles. The first-order valence-electron chi connectivity index (χ1n) is 6.02. The molecule has 2 aromatic carbocycles. The molecule has 0 radical (unpaired) electrons. The molecule has 5 nitrogen and oxygen atoms in total. The molecule has 0 fully saturated rings. The maximum atomic E-state index is 12.2. The number of hydrogen-bond acceptors (Lipinski definition) is 4. The summed E-state index contributed by atoms with van der Waals surface area (Å²) in [4.78, 5) is 22.8. The second-order valence-electron chi connectivity index (χ2n) is 4.20. The van der Waals surface area contributed by atoms with E-state index in [2.05, 4.69) is 6.58 Å². The van der Waals surface area contributed by atoms with Gasteiger partial charge in [-0.15, -0.1) is 0 Å². The zero-order valence-corrected chi connectivity index (χ0v) is 10.9. The van der Waals surface area contributed by atoms with E-state index in [1.54, 1.807) is 30.3 Å². The second kappa shape index (κ2) is 5.92. The van der Waals surface area contributed by atoms with Crippen molar-refractivity contribution in [1.82, 2.24) is 0 Å². The normalized spacial score (nSPS) is 9.90. The third-order valence-corrected chi connectivity index (χ3v) is 2.73. The molecule has 0 aliphatic heterocycles. The predicted octanol–water partition coefficient (Wildman–Crippen LogP) is 2.60. The summed E-state index contributed by atoms with van der Waals surface area (Å²) in [6.45, 7) is 3.21. The highest BCUT2D eigenvalue weighted by atomic mass is 16.5. The molecule has 5 heteroatoms. The summed E-state index contributed by atoms with van der Waals surface area (Å²) >= 11 is 0. The van der Waals surface area contributed by atoms with Gasteiger partial charge in [-0.3, -0.25) is 4.79 Å². The minimum Gasteiger partial charge on any atom is -0.507 e. The minimum absolute atomic E-state index is 0.0875. The number of phenols is 1. The molecular formula is C16H12O5. The van der Waals surface area contributed by atoms with Gasteiger partial charge in [-0.05, 0) is 18.7 Å². The first kappa shape index (κ1) is 14.3. The summed E-state index contributed by atoms with van der Waals surface area (Å²) in [6.07, 6.45) is 0. The number of rotatable bonds is 5. The van der Waals surface area contributed by atoms with Crippen LogP contribution in [0.4, 0.5) is 0 Å². The van der Waals surface area contributed by atoms with Crippen LogP contribution >= 0.6 is 0 Å². The lowest BCUT2D eigenvalue weighted by Gasteiger charge is -2.08. The number of ketones is 1. The lowest BCUT2D eigenvalue weighted by molar-refractivity contribution is -0.135. The largest absolute Gasteiger partial charge is 0.507 e. The van der Waals surface area contributed by atoms with Gasteiger partial charge in [0.2, 0.25) is 5.76 Å². The van der Waals surface area contributed by atoms with Crippen molar-refractivity contribution in [2.45, 2.75) is 0 Å². The highest BCUT2D eigenvalue weighted by Gasteiger charge is 2.15. The standard InChI is InChI=1S/C16H12O5/c1-10(16(19)20)21-12-7-8-13(14(17)9-12)15(18)11-5-3-2-4-6-11/h2-9,17H,1H2,(H,19,20). The van der Waals surface area contributed by atoms with E-state index in [9.17, 15) is 14.7 Å². The third-order valence-electron chi connectivity index (χ3n) is 2.73. The number of carboxylic acid groups (broad SMARTS) is 1. The zero-order chi connectivity index (χ0) is 15.4. The van der Waals surface area contributed by atoms with E-state index >= 15 is 0 Å². The SMILES string of the molecule is C=C(Oc1ccc(C(=O)c2ccccc2)c(O)c1)C(=O)O. The van der Waals surface area contributed by atoms with E-state index in [0.717, 1.165) is 0 Å². The van der Waals surface area contributed by atoms with Crippen LogP contribution in [0.3, 0.4) is 0 Å². The monoisotopic (exact) mass is 284 g/mol. The van der Waals surface area contributed by atoms with Gasteiger partial charge < -0.3 is 14.9 Å². The van der Waals surface area contributed by atoms with E-state index in [0.29, 0.717) is 5.56 Å². The second-order valence-corrected chi connectivity index (χ2v) is 4.20. The Hall–Kier alpha value is -3.08. The van der Waals surface area contributed by atoms with Crippen LogP contribution in [0.25, 0.3) is 0 Å². The van der Waals surface area contributed by atoms with Gasteiger partial charge in [0, 0.05) is 11.6 Å².